The zero-order valence-corrected chi connectivity index (χ0v) is 16.6. The number of nitrogens with zero attached hydrogens (tertiary/aromatic N) is 1. The van der Waals surface area contributed by atoms with Crippen LogP contribution in [0, 0.1) is 5.92 Å². The van der Waals surface area contributed by atoms with Crippen molar-refractivity contribution in [2.75, 3.05) is 26.2 Å². The van der Waals surface area contributed by atoms with Gasteiger partial charge in [-0.1, -0.05) is 22.0 Å². The largest absolute Gasteiger partial charge is 0.481 e. The van der Waals surface area contributed by atoms with Gasteiger partial charge >= 0.3 is 0 Å². The molecule has 1 aromatic carbocycles. The van der Waals surface area contributed by atoms with Crippen LogP contribution < -0.4 is 15.8 Å². The number of rotatable bonds is 6. The highest BCUT2D eigenvalue weighted by molar-refractivity contribution is 9.10. The second-order valence-electron chi connectivity index (χ2n) is 5.92. The van der Waals surface area contributed by atoms with E-state index < -0.39 is 6.10 Å². The van der Waals surface area contributed by atoms with Crippen LogP contribution in [0.1, 0.15) is 19.8 Å². The molecule has 6 nitrogen and oxygen atoms in total. The van der Waals surface area contributed by atoms with Gasteiger partial charge in [0, 0.05) is 30.7 Å². The molecule has 1 heterocycles. The van der Waals surface area contributed by atoms with Crippen LogP contribution in [0.2, 0.25) is 0 Å². The summed E-state index contributed by atoms with van der Waals surface area (Å²) in [4.78, 5) is 26.4. The minimum Gasteiger partial charge on any atom is -0.481 e. The van der Waals surface area contributed by atoms with Crippen molar-refractivity contribution in [1.82, 2.24) is 10.2 Å². The molecule has 25 heavy (non-hydrogen) atoms. The number of nitrogens with two attached hydrogens (primary N) is 1. The Kier molecular flexibility index (Phi) is 9.24. The summed E-state index contributed by atoms with van der Waals surface area (Å²) in [7, 11) is 0. The Bertz CT molecular complexity index is 588. The van der Waals surface area contributed by atoms with Gasteiger partial charge in [0.25, 0.3) is 5.91 Å². The molecule has 0 aliphatic carbocycles. The summed E-state index contributed by atoms with van der Waals surface area (Å²) in [5.74, 6) is 0.344. The van der Waals surface area contributed by atoms with Crippen LogP contribution in [0.5, 0.6) is 5.75 Å². The predicted octanol–water partition coefficient (Wildman–Crippen LogP) is 1.95. The Balaban J connectivity index is 0.00000312. The van der Waals surface area contributed by atoms with Crippen molar-refractivity contribution in [2.24, 2.45) is 11.7 Å². The van der Waals surface area contributed by atoms with E-state index in [-0.39, 0.29) is 30.1 Å². The van der Waals surface area contributed by atoms with E-state index in [4.69, 9.17) is 10.5 Å². The Labute approximate surface area is 163 Å². The van der Waals surface area contributed by atoms with Crippen LogP contribution >= 0.6 is 28.3 Å². The third-order valence-corrected chi connectivity index (χ3v) is 4.50. The van der Waals surface area contributed by atoms with Crippen LogP contribution in [0.4, 0.5) is 0 Å². The van der Waals surface area contributed by atoms with Gasteiger partial charge in [0.15, 0.2) is 6.10 Å². The van der Waals surface area contributed by atoms with Crippen LogP contribution in [0.15, 0.2) is 28.7 Å². The monoisotopic (exact) mass is 433 g/mol. The van der Waals surface area contributed by atoms with Crippen LogP contribution in [0.25, 0.3) is 0 Å². The molecule has 140 valence electrons. The molecule has 0 saturated carbocycles. The number of ether oxygens (including phenoxy) is 1. The van der Waals surface area contributed by atoms with E-state index in [2.05, 4.69) is 21.2 Å². The molecular formula is C17H25BrClN3O3. The van der Waals surface area contributed by atoms with Gasteiger partial charge in [-0.05, 0) is 38.0 Å². The topological polar surface area (TPSA) is 84.7 Å². The van der Waals surface area contributed by atoms with Crippen molar-refractivity contribution in [1.29, 1.82) is 0 Å². The maximum Gasteiger partial charge on any atom is 0.263 e. The lowest BCUT2D eigenvalue weighted by molar-refractivity contribution is -0.141. The second kappa shape index (κ2) is 10.6. The molecule has 0 radical (unpaired) electrons. The smallest absolute Gasteiger partial charge is 0.263 e. The zero-order chi connectivity index (χ0) is 17.5. The van der Waals surface area contributed by atoms with Gasteiger partial charge in [-0.15, -0.1) is 12.4 Å². The summed E-state index contributed by atoms with van der Waals surface area (Å²) in [5.41, 5.74) is 5.41. The van der Waals surface area contributed by atoms with Crippen molar-refractivity contribution in [3.63, 3.8) is 0 Å². The SMILES string of the molecule is CC(Oc1cccc(Br)c1)C(=O)N1CCCC(C(=O)NCCN)C1.Cl. The van der Waals surface area contributed by atoms with Gasteiger partial charge in [0.1, 0.15) is 5.75 Å². The molecule has 2 amide bonds. The first kappa shape index (κ1) is 21.7. The third kappa shape index (κ3) is 6.49. The molecule has 0 spiro atoms. The fraction of sp³-hybridized carbons (Fsp3) is 0.529. The summed E-state index contributed by atoms with van der Waals surface area (Å²) in [6.07, 6.45) is 1.02. The minimum atomic E-state index is -0.592. The fourth-order valence-corrected chi connectivity index (χ4v) is 3.16. The van der Waals surface area contributed by atoms with Crippen LogP contribution in [-0.2, 0) is 9.59 Å². The Hall–Kier alpha value is -1.31. The molecule has 1 aromatic rings. The second-order valence-corrected chi connectivity index (χ2v) is 6.84. The lowest BCUT2D eigenvalue weighted by Gasteiger charge is -2.33. The maximum atomic E-state index is 12.6. The van der Waals surface area contributed by atoms with Gasteiger partial charge in [0.2, 0.25) is 5.91 Å². The first-order valence-corrected chi connectivity index (χ1v) is 8.99. The Morgan fingerprint density at radius 3 is 2.92 bits per heavy atom. The van der Waals surface area contributed by atoms with Crippen molar-refractivity contribution in [2.45, 2.75) is 25.9 Å². The number of likely N-dealkylation sites (tertiary alicyclic amines) is 1. The van der Waals surface area contributed by atoms with E-state index in [0.717, 1.165) is 17.3 Å². The molecule has 0 bridgehead atoms. The first-order chi connectivity index (χ1) is 11.5. The fourth-order valence-electron chi connectivity index (χ4n) is 2.78. The highest BCUT2D eigenvalue weighted by atomic mass is 79.9. The number of piperidine rings is 1. The molecule has 3 N–H and O–H groups in total. The molecular weight excluding hydrogens is 410 g/mol. The number of carbonyl (C=O) groups is 2. The third-order valence-electron chi connectivity index (χ3n) is 4.00. The molecule has 8 heteroatoms. The van der Waals surface area contributed by atoms with E-state index >= 15 is 0 Å². The Morgan fingerprint density at radius 2 is 2.24 bits per heavy atom. The van der Waals surface area contributed by atoms with E-state index in [9.17, 15) is 9.59 Å². The van der Waals surface area contributed by atoms with Crippen molar-refractivity contribution in [3.05, 3.63) is 28.7 Å². The van der Waals surface area contributed by atoms with Crippen LogP contribution in [0.3, 0.4) is 0 Å². The molecule has 1 aliphatic rings. The maximum absolute atomic E-state index is 12.6. The van der Waals surface area contributed by atoms with Gasteiger partial charge in [0.05, 0.1) is 5.92 Å². The average molecular weight is 435 g/mol. The minimum absolute atomic E-state index is 0. The predicted molar refractivity (Wildman–Crippen MR) is 103 cm³/mol. The number of amides is 2. The van der Waals surface area contributed by atoms with Crippen molar-refractivity contribution >= 4 is 40.2 Å². The van der Waals surface area contributed by atoms with Gasteiger partial charge in [-0.2, -0.15) is 0 Å². The Morgan fingerprint density at radius 1 is 1.48 bits per heavy atom. The summed E-state index contributed by atoms with van der Waals surface area (Å²) in [6, 6.07) is 7.39. The number of hydrogen-bond acceptors (Lipinski definition) is 4. The number of benzene rings is 1. The van der Waals surface area contributed by atoms with Crippen molar-refractivity contribution in [3.8, 4) is 5.75 Å². The number of carbonyl (C=O) groups excluding carboxylic acids is 2. The van der Waals surface area contributed by atoms with Gasteiger partial charge in [-0.3, -0.25) is 9.59 Å². The number of halogens is 2. The number of hydrogen-bond donors (Lipinski definition) is 2. The lowest BCUT2D eigenvalue weighted by Crippen LogP contribution is -2.49. The van der Waals surface area contributed by atoms with Crippen LogP contribution in [-0.4, -0.2) is 49.0 Å². The van der Waals surface area contributed by atoms with Gasteiger partial charge < -0.3 is 20.7 Å². The van der Waals surface area contributed by atoms with E-state index in [1.54, 1.807) is 11.8 Å². The molecule has 0 aromatic heterocycles. The highest BCUT2D eigenvalue weighted by Gasteiger charge is 2.30. The van der Waals surface area contributed by atoms with E-state index in [1.165, 1.54) is 0 Å². The van der Waals surface area contributed by atoms with Gasteiger partial charge in [-0.25, -0.2) is 0 Å². The molecule has 1 aliphatic heterocycles. The molecule has 2 unspecified atom stereocenters. The molecule has 1 fully saturated rings. The quantitative estimate of drug-likeness (QED) is 0.717. The number of nitrogens with one attached hydrogen (secondary N) is 1. The summed E-state index contributed by atoms with van der Waals surface area (Å²) in [6.45, 7) is 3.71. The van der Waals surface area contributed by atoms with E-state index in [1.807, 2.05) is 24.3 Å². The zero-order valence-electron chi connectivity index (χ0n) is 14.2. The molecule has 2 atom stereocenters. The van der Waals surface area contributed by atoms with E-state index in [0.29, 0.717) is 31.9 Å². The van der Waals surface area contributed by atoms with Crippen molar-refractivity contribution < 1.29 is 14.3 Å². The summed E-state index contributed by atoms with van der Waals surface area (Å²) in [5, 5.41) is 2.80. The normalized spacial score (nSPS) is 18.0. The highest BCUT2D eigenvalue weighted by Crippen LogP contribution is 2.21. The molecule has 2 rings (SSSR count). The lowest BCUT2D eigenvalue weighted by atomic mass is 9.96. The standard InChI is InChI=1S/C17H24BrN3O3.ClH/c1-12(24-15-6-2-5-14(18)10-15)17(23)21-9-3-4-13(11-21)16(22)20-8-7-19;/h2,5-6,10,12-13H,3-4,7-9,11,19H2,1H3,(H,20,22);1H. The summed E-state index contributed by atoms with van der Waals surface area (Å²) >= 11 is 3.38. The summed E-state index contributed by atoms with van der Waals surface area (Å²) < 4.78 is 6.63. The molecule has 1 saturated heterocycles. The average Bonchev–Trinajstić information content (AvgIpc) is 2.59. The first-order valence-electron chi connectivity index (χ1n) is 8.20.